The van der Waals surface area contributed by atoms with Gasteiger partial charge in [-0.15, -0.1) is 0 Å². The smallest absolute Gasteiger partial charge is 0.137 e. The molecule has 3 nitrogen and oxygen atoms in total. The van der Waals surface area contributed by atoms with Crippen LogP contribution < -0.4 is 5.73 Å². The fourth-order valence-corrected chi connectivity index (χ4v) is 2.04. The van der Waals surface area contributed by atoms with Gasteiger partial charge in [-0.05, 0) is 41.9 Å². The van der Waals surface area contributed by atoms with Crippen molar-refractivity contribution in [2.24, 2.45) is 5.73 Å². The molecular weight excluding hydrogens is 242 g/mol. The quantitative estimate of drug-likeness (QED) is 0.849. The van der Waals surface area contributed by atoms with Crippen molar-refractivity contribution in [3.05, 3.63) is 34.2 Å². The molecular formula is C10H12BrN3. The molecule has 0 fully saturated rings. The zero-order chi connectivity index (χ0) is 10.3. The van der Waals surface area contributed by atoms with E-state index in [-0.39, 0.29) is 6.04 Å². The van der Waals surface area contributed by atoms with Crippen molar-refractivity contribution in [3.8, 4) is 0 Å². The topological polar surface area (TPSA) is 43.3 Å². The molecule has 0 spiro atoms. The highest BCUT2D eigenvalue weighted by Gasteiger charge is 2.11. The molecule has 1 atom stereocenters. The Morgan fingerprint density at radius 1 is 1.50 bits per heavy atom. The molecule has 0 saturated carbocycles. The highest BCUT2D eigenvalue weighted by molar-refractivity contribution is 9.10. The first-order valence-corrected chi connectivity index (χ1v) is 5.28. The van der Waals surface area contributed by atoms with Crippen LogP contribution in [0.1, 0.15) is 24.4 Å². The van der Waals surface area contributed by atoms with E-state index < -0.39 is 0 Å². The zero-order valence-electron chi connectivity index (χ0n) is 8.16. The van der Waals surface area contributed by atoms with Crippen molar-refractivity contribution in [2.45, 2.75) is 19.9 Å². The first-order chi connectivity index (χ1) is 6.59. The minimum Gasteiger partial charge on any atom is -0.323 e. The summed E-state index contributed by atoms with van der Waals surface area (Å²) < 4.78 is 3.06. The Morgan fingerprint density at radius 3 is 2.86 bits per heavy atom. The van der Waals surface area contributed by atoms with E-state index in [0.717, 1.165) is 21.5 Å². The number of fused-ring (bicyclic) bond motifs is 1. The third-order valence-corrected chi connectivity index (χ3v) is 2.70. The number of halogens is 1. The molecule has 14 heavy (non-hydrogen) atoms. The van der Waals surface area contributed by atoms with Gasteiger partial charge < -0.3 is 10.1 Å². The van der Waals surface area contributed by atoms with E-state index in [1.807, 2.05) is 36.6 Å². The van der Waals surface area contributed by atoms with Gasteiger partial charge in [0.2, 0.25) is 0 Å². The summed E-state index contributed by atoms with van der Waals surface area (Å²) in [6, 6.07) is 3.95. The molecule has 2 aromatic heterocycles. The molecule has 4 heteroatoms. The SMILES string of the molecule is Cc1nc2ccc(Br)cn2c1C(C)N. The molecule has 0 bridgehead atoms. The Labute approximate surface area is 91.1 Å². The summed E-state index contributed by atoms with van der Waals surface area (Å²) in [6.07, 6.45) is 1.99. The van der Waals surface area contributed by atoms with Crippen LogP contribution in [0.4, 0.5) is 0 Å². The third kappa shape index (κ3) is 1.44. The zero-order valence-corrected chi connectivity index (χ0v) is 9.75. The number of hydrogen-bond donors (Lipinski definition) is 1. The van der Waals surface area contributed by atoms with E-state index in [0.29, 0.717) is 0 Å². The van der Waals surface area contributed by atoms with E-state index in [1.165, 1.54) is 0 Å². The van der Waals surface area contributed by atoms with Crippen LogP contribution in [0.5, 0.6) is 0 Å². The largest absolute Gasteiger partial charge is 0.323 e. The van der Waals surface area contributed by atoms with Gasteiger partial charge in [-0.2, -0.15) is 0 Å². The highest BCUT2D eigenvalue weighted by Crippen LogP contribution is 2.20. The Bertz CT molecular complexity index is 473. The molecule has 2 N–H and O–H groups in total. The van der Waals surface area contributed by atoms with Crippen molar-refractivity contribution in [2.75, 3.05) is 0 Å². The maximum atomic E-state index is 5.90. The lowest BCUT2D eigenvalue weighted by atomic mass is 10.2. The Hall–Kier alpha value is -0.870. The molecule has 0 amide bonds. The van der Waals surface area contributed by atoms with Crippen molar-refractivity contribution >= 4 is 21.6 Å². The second-order valence-corrected chi connectivity index (χ2v) is 4.36. The van der Waals surface area contributed by atoms with E-state index in [2.05, 4.69) is 20.9 Å². The fourth-order valence-electron chi connectivity index (χ4n) is 1.70. The molecule has 0 aliphatic carbocycles. The van der Waals surface area contributed by atoms with E-state index in [1.54, 1.807) is 0 Å². The molecule has 0 aromatic carbocycles. The number of aromatic nitrogens is 2. The molecule has 2 rings (SSSR count). The molecule has 1 unspecified atom stereocenters. The highest BCUT2D eigenvalue weighted by atomic mass is 79.9. The van der Waals surface area contributed by atoms with Gasteiger partial charge in [-0.1, -0.05) is 0 Å². The number of hydrogen-bond acceptors (Lipinski definition) is 2. The van der Waals surface area contributed by atoms with Crippen LogP contribution in [0.3, 0.4) is 0 Å². The summed E-state index contributed by atoms with van der Waals surface area (Å²) in [7, 11) is 0. The van der Waals surface area contributed by atoms with Crippen LogP contribution in [0, 0.1) is 6.92 Å². The van der Waals surface area contributed by atoms with Crippen LogP contribution in [-0.2, 0) is 0 Å². The molecule has 0 radical (unpaired) electrons. The number of rotatable bonds is 1. The lowest BCUT2D eigenvalue weighted by molar-refractivity contribution is 0.760. The minimum absolute atomic E-state index is 0.000648. The van der Waals surface area contributed by atoms with Crippen LogP contribution in [0.15, 0.2) is 22.8 Å². The Kier molecular flexibility index (Phi) is 2.33. The van der Waals surface area contributed by atoms with Crippen LogP contribution in [0.2, 0.25) is 0 Å². The monoisotopic (exact) mass is 253 g/mol. The van der Waals surface area contributed by atoms with Crippen LogP contribution in [-0.4, -0.2) is 9.38 Å². The van der Waals surface area contributed by atoms with E-state index in [9.17, 15) is 0 Å². The van der Waals surface area contributed by atoms with Gasteiger partial charge in [0.05, 0.1) is 11.4 Å². The average Bonchev–Trinajstić information content (AvgIpc) is 2.40. The predicted octanol–water partition coefficient (Wildman–Crippen LogP) is 2.42. The summed E-state index contributed by atoms with van der Waals surface area (Å²) in [6.45, 7) is 3.96. The number of imidazole rings is 1. The molecule has 0 aliphatic heterocycles. The summed E-state index contributed by atoms with van der Waals surface area (Å²) in [5, 5.41) is 0. The first kappa shape index (κ1) is 9.68. The number of nitrogens with zero attached hydrogens (tertiary/aromatic N) is 2. The average molecular weight is 254 g/mol. The minimum atomic E-state index is -0.000648. The normalized spacial score (nSPS) is 13.4. The summed E-state index contributed by atoms with van der Waals surface area (Å²) in [5.74, 6) is 0. The second kappa shape index (κ2) is 3.37. The van der Waals surface area contributed by atoms with Crippen LogP contribution >= 0.6 is 15.9 Å². The molecule has 2 aromatic rings. The molecule has 74 valence electrons. The lowest BCUT2D eigenvalue weighted by Crippen LogP contribution is -2.09. The van der Waals surface area contributed by atoms with Gasteiger partial charge in [0.15, 0.2) is 0 Å². The third-order valence-electron chi connectivity index (χ3n) is 2.23. The summed E-state index contributed by atoms with van der Waals surface area (Å²) >= 11 is 3.44. The first-order valence-electron chi connectivity index (χ1n) is 4.49. The number of aryl methyl sites for hydroxylation is 1. The fraction of sp³-hybridized carbons (Fsp3) is 0.300. The molecule has 0 aliphatic rings. The van der Waals surface area contributed by atoms with Crippen molar-refractivity contribution in [3.63, 3.8) is 0 Å². The van der Waals surface area contributed by atoms with Crippen molar-refractivity contribution in [1.82, 2.24) is 9.38 Å². The maximum Gasteiger partial charge on any atom is 0.137 e. The summed E-state index contributed by atoms with van der Waals surface area (Å²) in [5.41, 5.74) is 8.91. The van der Waals surface area contributed by atoms with Gasteiger partial charge in [0.1, 0.15) is 5.65 Å². The van der Waals surface area contributed by atoms with Gasteiger partial charge in [0, 0.05) is 16.7 Å². The van der Waals surface area contributed by atoms with Gasteiger partial charge in [-0.3, -0.25) is 0 Å². The Morgan fingerprint density at radius 2 is 2.21 bits per heavy atom. The van der Waals surface area contributed by atoms with Gasteiger partial charge >= 0.3 is 0 Å². The molecule has 2 heterocycles. The second-order valence-electron chi connectivity index (χ2n) is 3.45. The summed E-state index contributed by atoms with van der Waals surface area (Å²) in [4.78, 5) is 4.44. The molecule has 0 saturated heterocycles. The van der Waals surface area contributed by atoms with Crippen LogP contribution in [0.25, 0.3) is 5.65 Å². The lowest BCUT2D eigenvalue weighted by Gasteiger charge is -2.06. The van der Waals surface area contributed by atoms with Gasteiger partial charge in [-0.25, -0.2) is 4.98 Å². The standard InChI is InChI=1S/C10H12BrN3/c1-6(12)10-7(2)13-9-4-3-8(11)5-14(9)10/h3-6H,12H2,1-2H3. The van der Waals surface area contributed by atoms with Crippen molar-refractivity contribution < 1.29 is 0 Å². The van der Waals surface area contributed by atoms with Gasteiger partial charge in [0.25, 0.3) is 0 Å². The number of nitrogens with two attached hydrogens (primary N) is 1. The predicted molar refractivity (Wildman–Crippen MR) is 60.2 cm³/mol. The van der Waals surface area contributed by atoms with E-state index >= 15 is 0 Å². The maximum absolute atomic E-state index is 5.90. The number of pyridine rings is 1. The van der Waals surface area contributed by atoms with Crippen molar-refractivity contribution in [1.29, 1.82) is 0 Å². The Balaban J connectivity index is 2.79. The van der Waals surface area contributed by atoms with E-state index in [4.69, 9.17) is 5.73 Å².